The van der Waals surface area contributed by atoms with Crippen LogP contribution in [0.15, 0.2) is 24.3 Å². The molecule has 5 heteroatoms. The van der Waals surface area contributed by atoms with Crippen LogP contribution in [0, 0.1) is 12.7 Å². The van der Waals surface area contributed by atoms with Gasteiger partial charge in [-0.25, -0.2) is 9.37 Å². The summed E-state index contributed by atoms with van der Waals surface area (Å²) in [6, 6.07) is 7.20. The Kier molecular flexibility index (Phi) is 5.09. The fraction of sp³-hybridized carbons (Fsp3) is 0.500. The van der Waals surface area contributed by atoms with E-state index in [4.69, 9.17) is 0 Å². The second-order valence-corrected chi connectivity index (χ2v) is 7.40. The van der Waals surface area contributed by atoms with E-state index >= 15 is 0 Å². The Hall–Kier alpha value is -1.30. The van der Waals surface area contributed by atoms with Crippen LogP contribution in [-0.4, -0.2) is 22.2 Å². The first-order valence-corrected chi connectivity index (χ1v) is 9.02. The summed E-state index contributed by atoms with van der Waals surface area (Å²) in [7, 11) is 0. The van der Waals surface area contributed by atoms with Crippen LogP contribution in [0.1, 0.15) is 49.2 Å². The van der Waals surface area contributed by atoms with Crippen LogP contribution in [0.2, 0.25) is 0 Å². The van der Waals surface area contributed by atoms with Crippen molar-refractivity contribution in [3.05, 3.63) is 40.7 Å². The molecular formula is C18H23FN2OS. The van der Waals surface area contributed by atoms with Gasteiger partial charge in [0.2, 0.25) is 0 Å². The smallest absolute Gasteiger partial charge is 0.123 e. The third-order valence-electron chi connectivity index (χ3n) is 4.50. The summed E-state index contributed by atoms with van der Waals surface area (Å²) in [5.74, 6) is -0.225. The molecule has 3 rings (SSSR count). The Bertz CT molecular complexity index is 648. The number of aliphatic hydroxyl groups is 1. The van der Waals surface area contributed by atoms with Crippen molar-refractivity contribution in [3.63, 3.8) is 0 Å². The van der Waals surface area contributed by atoms with E-state index in [0.29, 0.717) is 6.04 Å². The van der Waals surface area contributed by atoms with Gasteiger partial charge in [0.25, 0.3) is 0 Å². The SMILES string of the molecule is Cc1nc(-c2ccc(F)cc2)sc1C(C)NC1CCC(O)CC1. The number of nitrogens with one attached hydrogen (secondary N) is 1. The summed E-state index contributed by atoms with van der Waals surface area (Å²) in [6.07, 6.45) is 3.68. The molecule has 2 N–H and O–H groups in total. The van der Waals surface area contributed by atoms with Gasteiger partial charge >= 0.3 is 0 Å². The fourth-order valence-electron chi connectivity index (χ4n) is 3.20. The molecule has 1 fully saturated rings. The Balaban J connectivity index is 1.71. The quantitative estimate of drug-likeness (QED) is 0.880. The predicted octanol–water partition coefficient (Wildman–Crippen LogP) is 4.21. The molecule has 0 saturated heterocycles. The lowest BCUT2D eigenvalue weighted by Crippen LogP contribution is -2.36. The van der Waals surface area contributed by atoms with Gasteiger partial charge in [-0.1, -0.05) is 0 Å². The van der Waals surface area contributed by atoms with E-state index in [9.17, 15) is 9.50 Å². The van der Waals surface area contributed by atoms with E-state index < -0.39 is 0 Å². The van der Waals surface area contributed by atoms with Crippen LogP contribution in [0.4, 0.5) is 4.39 Å². The zero-order valence-electron chi connectivity index (χ0n) is 13.6. The van der Waals surface area contributed by atoms with Gasteiger partial charge < -0.3 is 10.4 Å². The van der Waals surface area contributed by atoms with Gasteiger partial charge in [0.05, 0.1) is 11.8 Å². The van der Waals surface area contributed by atoms with Crippen molar-refractivity contribution in [1.82, 2.24) is 10.3 Å². The van der Waals surface area contributed by atoms with Gasteiger partial charge in [0, 0.05) is 22.5 Å². The normalized spacial score (nSPS) is 23.0. The molecule has 0 bridgehead atoms. The maximum Gasteiger partial charge on any atom is 0.123 e. The van der Waals surface area contributed by atoms with Crippen LogP contribution >= 0.6 is 11.3 Å². The zero-order chi connectivity index (χ0) is 16.4. The first-order chi connectivity index (χ1) is 11.0. The molecule has 1 aromatic heterocycles. The largest absolute Gasteiger partial charge is 0.393 e. The number of aliphatic hydroxyl groups excluding tert-OH is 1. The highest BCUT2D eigenvalue weighted by atomic mass is 32.1. The molecule has 1 atom stereocenters. The van der Waals surface area contributed by atoms with Crippen molar-refractivity contribution in [2.75, 3.05) is 0 Å². The summed E-state index contributed by atoms with van der Waals surface area (Å²) in [5.41, 5.74) is 1.99. The van der Waals surface area contributed by atoms with Crippen LogP contribution in [0.25, 0.3) is 10.6 Å². The van der Waals surface area contributed by atoms with E-state index in [1.54, 1.807) is 23.5 Å². The van der Waals surface area contributed by atoms with Crippen molar-refractivity contribution < 1.29 is 9.50 Å². The Labute approximate surface area is 140 Å². The number of thiazole rings is 1. The van der Waals surface area contributed by atoms with Crippen molar-refractivity contribution in [3.8, 4) is 10.6 Å². The summed E-state index contributed by atoms with van der Waals surface area (Å²) >= 11 is 1.67. The summed E-state index contributed by atoms with van der Waals surface area (Å²) in [4.78, 5) is 5.88. The third-order valence-corrected chi connectivity index (χ3v) is 5.89. The lowest BCUT2D eigenvalue weighted by atomic mass is 9.92. The summed E-state index contributed by atoms with van der Waals surface area (Å²) in [5, 5.41) is 14.2. The standard InChI is InChI=1S/C18H23FN2OS/c1-11(20-15-7-9-16(22)10-8-15)17-12(2)21-18(23-17)13-3-5-14(19)6-4-13/h3-6,11,15-16,20,22H,7-10H2,1-2H3. The third kappa shape index (κ3) is 3.97. The summed E-state index contributed by atoms with van der Waals surface area (Å²) < 4.78 is 13.1. The van der Waals surface area contributed by atoms with Crippen molar-refractivity contribution in [2.24, 2.45) is 0 Å². The molecule has 1 unspecified atom stereocenters. The summed E-state index contributed by atoms with van der Waals surface area (Å²) in [6.45, 7) is 4.20. The highest BCUT2D eigenvalue weighted by Crippen LogP contribution is 2.32. The van der Waals surface area contributed by atoms with E-state index in [1.165, 1.54) is 17.0 Å². The number of rotatable bonds is 4. The zero-order valence-corrected chi connectivity index (χ0v) is 14.4. The molecule has 1 heterocycles. The van der Waals surface area contributed by atoms with E-state index in [0.717, 1.165) is 41.9 Å². The monoisotopic (exact) mass is 334 g/mol. The molecule has 3 nitrogen and oxygen atoms in total. The number of aryl methyl sites for hydroxylation is 1. The fourth-order valence-corrected chi connectivity index (χ4v) is 4.28. The maximum atomic E-state index is 13.1. The van der Waals surface area contributed by atoms with Crippen molar-refractivity contribution in [2.45, 2.75) is 57.7 Å². The molecule has 1 aliphatic rings. The maximum absolute atomic E-state index is 13.1. The lowest BCUT2D eigenvalue weighted by Gasteiger charge is -2.28. The minimum absolute atomic E-state index is 0.126. The van der Waals surface area contributed by atoms with Crippen molar-refractivity contribution >= 4 is 11.3 Å². The average molecular weight is 334 g/mol. The average Bonchev–Trinajstić information content (AvgIpc) is 2.92. The number of hydrogen-bond acceptors (Lipinski definition) is 4. The molecule has 0 radical (unpaired) electrons. The topological polar surface area (TPSA) is 45.2 Å². The van der Waals surface area contributed by atoms with E-state index in [2.05, 4.69) is 17.2 Å². The van der Waals surface area contributed by atoms with Crippen LogP contribution in [0.5, 0.6) is 0 Å². The number of benzene rings is 1. The molecule has 1 aromatic carbocycles. The lowest BCUT2D eigenvalue weighted by molar-refractivity contribution is 0.114. The van der Waals surface area contributed by atoms with E-state index in [1.807, 2.05) is 6.92 Å². The minimum atomic E-state index is -0.225. The second-order valence-electron chi connectivity index (χ2n) is 6.37. The van der Waals surface area contributed by atoms with Crippen LogP contribution < -0.4 is 5.32 Å². The molecule has 1 saturated carbocycles. The van der Waals surface area contributed by atoms with Gasteiger partial charge in [-0.3, -0.25) is 0 Å². The Morgan fingerprint density at radius 2 is 1.87 bits per heavy atom. The Morgan fingerprint density at radius 3 is 2.52 bits per heavy atom. The first kappa shape index (κ1) is 16.6. The van der Waals surface area contributed by atoms with Crippen LogP contribution in [0.3, 0.4) is 0 Å². The molecule has 124 valence electrons. The van der Waals surface area contributed by atoms with Gasteiger partial charge in [0.1, 0.15) is 10.8 Å². The van der Waals surface area contributed by atoms with Gasteiger partial charge in [-0.05, 0) is 63.8 Å². The molecule has 1 aliphatic carbocycles. The number of halogens is 1. The predicted molar refractivity (Wildman–Crippen MR) is 92.1 cm³/mol. The molecule has 0 amide bonds. The number of nitrogens with zero attached hydrogens (tertiary/aromatic N) is 1. The molecular weight excluding hydrogens is 311 g/mol. The van der Waals surface area contributed by atoms with E-state index in [-0.39, 0.29) is 18.0 Å². The Morgan fingerprint density at radius 1 is 1.22 bits per heavy atom. The molecule has 2 aromatic rings. The second kappa shape index (κ2) is 7.07. The van der Waals surface area contributed by atoms with Gasteiger partial charge in [-0.15, -0.1) is 11.3 Å². The molecule has 0 aliphatic heterocycles. The van der Waals surface area contributed by atoms with Gasteiger partial charge in [-0.2, -0.15) is 0 Å². The highest BCUT2D eigenvalue weighted by molar-refractivity contribution is 7.15. The van der Waals surface area contributed by atoms with Crippen LogP contribution in [-0.2, 0) is 0 Å². The van der Waals surface area contributed by atoms with Crippen molar-refractivity contribution in [1.29, 1.82) is 0 Å². The molecule has 23 heavy (non-hydrogen) atoms. The number of hydrogen-bond donors (Lipinski definition) is 2. The molecule has 0 spiro atoms. The first-order valence-electron chi connectivity index (χ1n) is 8.20. The number of aromatic nitrogens is 1. The van der Waals surface area contributed by atoms with Gasteiger partial charge in [0.15, 0.2) is 0 Å². The minimum Gasteiger partial charge on any atom is -0.393 e. The highest BCUT2D eigenvalue weighted by Gasteiger charge is 2.23.